The fraction of sp³-hybridized carbons (Fsp3) is 0.0400. The van der Waals surface area contributed by atoms with Gasteiger partial charge in [-0.05, 0) is 66.6 Å². The van der Waals surface area contributed by atoms with Gasteiger partial charge in [0.1, 0.15) is 11.2 Å². The van der Waals surface area contributed by atoms with Crippen molar-refractivity contribution in [3.05, 3.63) is 104 Å². The maximum atomic E-state index is 13.4. The van der Waals surface area contributed by atoms with Crippen molar-refractivity contribution in [2.24, 2.45) is 0 Å². The first-order valence-corrected chi connectivity index (χ1v) is 10.7. The molecule has 0 N–H and O–H groups in total. The lowest BCUT2D eigenvalue weighted by Gasteiger charge is -2.06. The van der Waals surface area contributed by atoms with Crippen molar-refractivity contribution in [1.82, 2.24) is 0 Å². The van der Waals surface area contributed by atoms with E-state index in [4.69, 9.17) is 20.4 Å². The van der Waals surface area contributed by atoms with E-state index in [0.717, 1.165) is 21.0 Å². The fourth-order valence-electron chi connectivity index (χ4n) is 3.75. The first-order valence-electron chi connectivity index (χ1n) is 9.48. The molecule has 0 unspecified atom stereocenters. The molecule has 0 aliphatic carbocycles. The minimum Gasteiger partial charge on any atom is -0.452 e. The molecule has 0 radical (unpaired) electrons. The van der Waals surface area contributed by atoms with E-state index < -0.39 is 5.63 Å². The summed E-state index contributed by atoms with van der Waals surface area (Å²) in [6, 6.07) is 19.3. The van der Waals surface area contributed by atoms with Gasteiger partial charge in [0.15, 0.2) is 5.76 Å². The van der Waals surface area contributed by atoms with Crippen LogP contribution in [0, 0.1) is 6.92 Å². The van der Waals surface area contributed by atoms with Gasteiger partial charge in [-0.15, -0.1) is 0 Å². The Kier molecular flexibility index (Phi) is 4.80. The van der Waals surface area contributed by atoms with E-state index >= 15 is 0 Å². The molecule has 31 heavy (non-hydrogen) atoms. The average molecular weight is 494 g/mol. The van der Waals surface area contributed by atoms with Gasteiger partial charge >= 0.3 is 5.63 Å². The Morgan fingerprint density at radius 3 is 2.35 bits per heavy atom. The molecule has 0 saturated carbocycles. The summed E-state index contributed by atoms with van der Waals surface area (Å²) >= 11 is 9.43. The zero-order valence-electron chi connectivity index (χ0n) is 16.2. The van der Waals surface area contributed by atoms with Crippen LogP contribution < -0.4 is 5.63 Å². The van der Waals surface area contributed by atoms with Gasteiger partial charge in [0.2, 0.25) is 5.78 Å². The van der Waals surface area contributed by atoms with Gasteiger partial charge in [0, 0.05) is 32.1 Å². The monoisotopic (exact) mass is 492 g/mol. The minimum absolute atomic E-state index is 0.177. The van der Waals surface area contributed by atoms with E-state index in [2.05, 4.69) is 15.9 Å². The van der Waals surface area contributed by atoms with Crippen LogP contribution >= 0.6 is 27.5 Å². The predicted octanol–water partition coefficient (Wildman–Crippen LogP) is 7.16. The molecule has 5 rings (SSSR count). The second-order valence-electron chi connectivity index (χ2n) is 7.21. The summed E-state index contributed by atoms with van der Waals surface area (Å²) in [7, 11) is 0. The van der Waals surface area contributed by atoms with Crippen molar-refractivity contribution in [2.75, 3.05) is 0 Å². The Balaban J connectivity index is 1.89. The molecule has 0 amide bonds. The van der Waals surface area contributed by atoms with Crippen LogP contribution in [0.25, 0.3) is 33.1 Å². The molecule has 0 atom stereocenters. The molecule has 4 nitrogen and oxygen atoms in total. The topological polar surface area (TPSA) is 60.4 Å². The van der Waals surface area contributed by atoms with Crippen LogP contribution in [-0.2, 0) is 0 Å². The van der Waals surface area contributed by atoms with Gasteiger partial charge in [-0.25, -0.2) is 4.79 Å². The summed E-state index contributed by atoms with van der Waals surface area (Å²) in [5.41, 5.74) is 3.02. The quantitative estimate of drug-likeness (QED) is 0.198. The SMILES string of the molecule is Cc1cc(=O)oc2c1ccc1oc(C(=O)c3ccc(Cl)cc3)c(-c3ccc(Br)cc3)c12. The number of carbonyl (C=O) groups is 1. The van der Waals surface area contributed by atoms with Crippen LogP contribution in [0.3, 0.4) is 0 Å². The number of ketones is 1. The summed E-state index contributed by atoms with van der Waals surface area (Å²) in [5.74, 6) is -0.106. The largest absolute Gasteiger partial charge is 0.452 e. The molecule has 3 aromatic carbocycles. The lowest BCUT2D eigenvalue weighted by Crippen LogP contribution is -2.01. The third-order valence-corrected chi connectivity index (χ3v) is 6.00. The van der Waals surface area contributed by atoms with Crippen molar-refractivity contribution in [3.63, 3.8) is 0 Å². The Hall–Kier alpha value is -3.15. The van der Waals surface area contributed by atoms with Crippen molar-refractivity contribution < 1.29 is 13.6 Å². The normalized spacial score (nSPS) is 11.3. The number of fused-ring (bicyclic) bond motifs is 3. The summed E-state index contributed by atoms with van der Waals surface area (Å²) in [4.78, 5) is 25.6. The molecule has 0 saturated heterocycles. The molecular weight excluding hydrogens is 480 g/mol. The third-order valence-electron chi connectivity index (χ3n) is 5.22. The first kappa shape index (κ1) is 19.8. The highest BCUT2D eigenvalue weighted by Gasteiger charge is 2.26. The highest BCUT2D eigenvalue weighted by atomic mass is 79.9. The van der Waals surface area contributed by atoms with Crippen LogP contribution in [0.5, 0.6) is 0 Å². The zero-order valence-corrected chi connectivity index (χ0v) is 18.6. The van der Waals surface area contributed by atoms with E-state index in [0.29, 0.717) is 32.7 Å². The van der Waals surface area contributed by atoms with E-state index in [1.807, 2.05) is 37.3 Å². The first-order chi connectivity index (χ1) is 14.9. The van der Waals surface area contributed by atoms with Crippen molar-refractivity contribution in [2.45, 2.75) is 6.92 Å². The molecule has 2 aromatic heterocycles. The predicted molar refractivity (Wildman–Crippen MR) is 125 cm³/mol. The molecule has 0 aliphatic rings. The van der Waals surface area contributed by atoms with Gasteiger partial charge < -0.3 is 8.83 Å². The number of rotatable bonds is 3. The average Bonchev–Trinajstić information content (AvgIpc) is 3.14. The smallest absolute Gasteiger partial charge is 0.336 e. The number of furan rings is 1. The summed E-state index contributed by atoms with van der Waals surface area (Å²) < 4.78 is 12.6. The van der Waals surface area contributed by atoms with Crippen LogP contribution in [-0.4, -0.2) is 5.78 Å². The van der Waals surface area contributed by atoms with Crippen LogP contribution in [0.1, 0.15) is 21.7 Å². The highest BCUT2D eigenvalue weighted by Crippen LogP contribution is 2.40. The molecule has 0 bridgehead atoms. The third kappa shape index (κ3) is 3.40. The highest BCUT2D eigenvalue weighted by molar-refractivity contribution is 9.10. The second-order valence-corrected chi connectivity index (χ2v) is 8.57. The molecular formula is C25H14BrClO4. The second kappa shape index (κ2) is 7.52. The van der Waals surface area contributed by atoms with E-state index in [1.165, 1.54) is 6.07 Å². The van der Waals surface area contributed by atoms with E-state index in [-0.39, 0.29) is 11.5 Å². The molecule has 6 heteroatoms. The van der Waals surface area contributed by atoms with Gasteiger partial charge in [0.05, 0.1) is 5.39 Å². The Labute approximate surface area is 190 Å². The molecule has 0 aliphatic heterocycles. The van der Waals surface area contributed by atoms with Crippen LogP contribution in [0.2, 0.25) is 5.02 Å². The maximum Gasteiger partial charge on any atom is 0.336 e. The molecule has 152 valence electrons. The lowest BCUT2D eigenvalue weighted by molar-refractivity contribution is 0.101. The van der Waals surface area contributed by atoms with E-state index in [9.17, 15) is 9.59 Å². The van der Waals surface area contributed by atoms with Crippen molar-refractivity contribution in [3.8, 4) is 11.1 Å². The summed E-state index contributed by atoms with van der Waals surface area (Å²) in [6.07, 6.45) is 0. The number of halogens is 2. The standard InChI is InChI=1S/C25H14BrClO4/c1-13-12-20(28)31-24-18(13)10-11-19-22(24)21(14-2-6-16(26)7-3-14)25(30-19)23(29)15-4-8-17(27)9-5-15/h2-12H,1H3. The van der Waals surface area contributed by atoms with Crippen molar-refractivity contribution >= 4 is 55.3 Å². The number of aryl methyl sites for hydroxylation is 1. The van der Waals surface area contributed by atoms with Gasteiger partial charge in [-0.1, -0.05) is 39.7 Å². The summed E-state index contributed by atoms with van der Waals surface area (Å²) in [5, 5.41) is 1.92. The number of hydrogen-bond donors (Lipinski definition) is 0. The van der Waals surface area contributed by atoms with Crippen LogP contribution in [0.4, 0.5) is 0 Å². The molecule has 2 heterocycles. The number of carbonyl (C=O) groups excluding carboxylic acids is 1. The lowest BCUT2D eigenvalue weighted by atomic mass is 9.96. The minimum atomic E-state index is -0.453. The maximum absolute atomic E-state index is 13.4. The van der Waals surface area contributed by atoms with Crippen molar-refractivity contribution in [1.29, 1.82) is 0 Å². The van der Waals surface area contributed by atoms with Crippen LogP contribution in [0.15, 0.2) is 84.8 Å². The Morgan fingerprint density at radius 2 is 1.65 bits per heavy atom. The van der Waals surface area contributed by atoms with Gasteiger partial charge in [-0.3, -0.25) is 4.79 Å². The summed E-state index contributed by atoms with van der Waals surface area (Å²) in [6.45, 7) is 1.85. The molecule has 0 fully saturated rings. The van der Waals surface area contributed by atoms with E-state index in [1.54, 1.807) is 30.3 Å². The molecule has 0 spiro atoms. The Bertz CT molecular complexity index is 1530. The van der Waals surface area contributed by atoms with Gasteiger partial charge in [-0.2, -0.15) is 0 Å². The number of hydrogen-bond acceptors (Lipinski definition) is 4. The Morgan fingerprint density at radius 1 is 0.935 bits per heavy atom. The molecule has 5 aromatic rings. The zero-order chi connectivity index (χ0) is 21.7. The fourth-order valence-corrected chi connectivity index (χ4v) is 4.14. The number of benzene rings is 3. The van der Waals surface area contributed by atoms with Gasteiger partial charge in [0.25, 0.3) is 0 Å².